The summed E-state index contributed by atoms with van der Waals surface area (Å²) in [6.07, 6.45) is 1.85. The number of anilines is 1. The summed E-state index contributed by atoms with van der Waals surface area (Å²) < 4.78 is 27.1. The molecule has 0 aromatic heterocycles. The van der Waals surface area contributed by atoms with Crippen molar-refractivity contribution in [3.8, 4) is 16.9 Å². The van der Waals surface area contributed by atoms with Crippen molar-refractivity contribution >= 4 is 11.7 Å². The summed E-state index contributed by atoms with van der Waals surface area (Å²) in [6, 6.07) is 18.3. The molecule has 3 aromatic rings. The molecule has 1 heterocycles. The number of rotatable bonds is 10. The average Bonchev–Trinajstić information content (AvgIpc) is 3.37. The Labute approximate surface area is 198 Å². The second-order valence-electron chi connectivity index (χ2n) is 8.38. The number of nitrogens with two attached hydrogens (primary N) is 1. The first-order valence-corrected chi connectivity index (χ1v) is 11.4. The number of aliphatic carboxylic acids is 1. The van der Waals surface area contributed by atoms with Crippen LogP contribution in [-0.2, 0) is 29.1 Å². The van der Waals surface area contributed by atoms with Gasteiger partial charge in [-0.3, -0.25) is 4.79 Å². The van der Waals surface area contributed by atoms with Crippen LogP contribution in [0.1, 0.15) is 29.5 Å². The van der Waals surface area contributed by atoms with Gasteiger partial charge in [-0.05, 0) is 53.8 Å². The highest BCUT2D eigenvalue weighted by Crippen LogP contribution is 2.30. The standard InChI is InChI=1S/C27H29FN2O4/c28-27-22(17-34-25-9-2-1-6-20(25)14-26(31)32)12-21(19-7-3-5-18(11-19)15-29)13-24(27)30-16-23-8-4-10-33-23/h1-3,5-7,9,11-13,23,30H,4,8,10,14-17,29H2,(H,31,32). The van der Waals surface area contributed by atoms with Crippen molar-refractivity contribution in [3.63, 3.8) is 0 Å². The van der Waals surface area contributed by atoms with Crippen molar-refractivity contribution in [1.29, 1.82) is 0 Å². The number of ether oxygens (including phenoxy) is 2. The highest BCUT2D eigenvalue weighted by Gasteiger charge is 2.18. The van der Waals surface area contributed by atoms with Gasteiger partial charge in [0.1, 0.15) is 12.4 Å². The summed E-state index contributed by atoms with van der Waals surface area (Å²) in [4.78, 5) is 11.2. The number of halogens is 1. The fourth-order valence-corrected chi connectivity index (χ4v) is 4.10. The number of para-hydroxylation sites is 1. The van der Waals surface area contributed by atoms with Gasteiger partial charge in [-0.25, -0.2) is 4.39 Å². The van der Waals surface area contributed by atoms with Crippen LogP contribution in [0, 0.1) is 5.82 Å². The number of benzene rings is 3. The Morgan fingerprint density at radius 3 is 2.74 bits per heavy atom. The lowest BCUT2D eigenvalue weighted by Crippen LogP contribution is -2.19. The lowest BCUT2D eigenvalue weighted by atomic mass is 9.99. The van der Waals surface area contributed by atoms with Crippen molar-refractivity contribution in [2.75, 3.05) is 18.5 Å². The van der Waals surface area contributed by atoms with Gasteiger partial charge < -0.3 is 25.6 Å². The first-order valence-electron chi connectivity index (χ1n) is 11.4. The largest absolute Gasteiger partial charge is 0.488 e. The molecule has 0 aliphatic carbocycles. The number of nitrogens with one attached hydrogen (secondary N) is 1. The fraction of sp³-hybridized carbons (Fsp3) is 0.296. The van der Waals surface area contributed by atoms with Crippen LogP contribution in [0.15, 0.2) is 60.7 Å². The zero-order valence-corrected chi connectivity index (χ0v) is 18.9. The molecule has 1 aliphatic heterocycles. The minimum absolute atomic E-state index is 0.0402. The number of hydrogen-bond donors (Lipinski definition) is 3. The summed E-state index contributed by atoms with van der Waals surface area (Å²) >= 11 is 0. The van der Waals surface area contributed by atoms with Gasteiger partial charge in [0, 0.05) is 30.8 Å². The minimum Gasteiger partial charge on any atom is -0.488 e. The van der Waals surface area contributed by atoms with E-state index >= 15 is 4.39 Å². The van der Waals surface area contributed by atoms with E-state index in [0.717, 1.165) is 36.1 Å². The van der Waals surface area contributed by atoms with Crippen LogP contribution in [0.2, 0.25) is 0 Å². The smallest absolute Gasteiger partial charge is 0.307 e. The summed E-state index contributed by atoms with van der Waals surface area (Å²) in [5.74, 6) is -0.925. The number of carboxylic acid groups (broad SMARTS) is 1. The van der Waals surface area contributed by atoms with E-state index in [0.29, 0.717) is 35.7 Å². The highest BCUT2D eigenvalue weighted by atomic mass is 19.1. The Balaban J connectivity index is 1.63. The maximum Gasteiger partial charge on any atom is 0.307 e. The lowest BCUT2D eigenvalue weighted by molar-refractivity contribution is -0.136. The topological polar surface area (TPSA) is 93.8 Å². The average molecular weight is 465 g/mol. The van der Waals surface area contributed by atoms with Gasteiger partial charge in [-0.1, -0.05) is 36.4 Å². The molecule has 0 amide bonds. The third-order valence-corrected chi connectivity index (χ3v) is 5.89. The maximum absolute atomic E-state index is 15.5. The summed E-state index contributed by atoms with van der Waals surface area (Å²) in [6.45, 7) is 1.62. The van der Waals surface area contributed by atoms with Crippen LogP contribution in [0.3, 0.4) is 0 Å². The fourth-order valence-electron chi connectivity index (χ4n) is 4.10. The maximum atomic E-state index is 15.5. The van der Waals surface area contributed by atoms with Gasteiger partial charge in [0.2, 0.25) is 0 Å². The SMILES string of the molecule is NCc1cccc(-c2cc(COc3ccccc3CC(=O)O)c(F)c(NCC3CCCO3)c2)c1. The molecule has 34 heavy (non-hydrogen) atoms. The van der Waals surface area contributed by atoms with Crippen molar-refractivity contribution in [1.82, 2.24) is 0 Å². The molecule has 6 nitrogen and oxygen atoms in total. The van der Waals surface area contributed by atoms with Crippen LogP contribution < -0.4 is 15.8 Å². The minimum atomic E-state index is -0.954. The third-order valence-electron chi connectivity index (χ3n) is 5.89. The van der Waals surface area contributed by atoms with Gasteiger partial charge in [0.05, 0.1) is 18.2 Å². The van der Waals surface area contributed by atoms with Crippen LogP contribution in [0.5, 0.6) is 5.75 Å². The van der Waals surface area contributed by atoms with Crippen LogP contribution in [0.4, 0.5) is 10.1 Å². The van der Waals surface area contributed by atoms with Gasteiger partial charge in [-0.15, -0.1) is 0 Å². The Bertz CT molecular complexity index is 1150. The summed E-state index contributed by atoms with van der Waals surface area (Å²) in [7, 11) is 0. The molecule has 3 aromatic carbocycles. The number of carboxylic acids is 1. The molecule has 0 saturated carbocycles. The van der Waals surface area contributed by atoms with Crippen LogP contribution in [-0.4, -0.2) is 30.3 Å². The highest BCUT2D eigenvalue weighted by molar-refractivity contribution is 5.72. The van der Waals surface area contributed by atoms with Crippen molar-refractivity contribution < 1.29 is 23.8 Å². The Kier molecular flexibility index (Phi) is 7.77. The van der Waals surface area contributed by atoms with Gasteiger partial charge in [-0.2, -0.15) is 0 Å². The van der Waals surface area contributed by atoms with Crippen molar-refractivity contribution in [3.05, 3.63) is 83.2 Å². The molecule has 1 unspecified atom stereocenters. The molecule has 0 radical (unpaired) electrons. The van der Waals surface area contributed by atoms with Gasteiger partial charge in [0.15, 0.2) is 5.82 Å². The van der Waals surface area contributed by atoms with Crippen molar-refractivity contribution in [2.24, 2.45) is 5.73 Å². The van der Waals surface area contributed by atoms with Gasteiger partial charge in [0.25, 0.3) is 0 Å². The Morgan fingerprint density at radius 2 is 1.97 bits per heavy atom. The van der Waals surface area contributed by atoms with E-state index in [1.54, 1.807) is 36.4 Å². The number of carbonyl (C=O) groups is 1. The Hall–Kier alpha value is -3.42. The molecular formula is C27H29FN2O4. The molecule has 1 atom stereocenters. The van der Waals surface area contributed by atoms with Crippen molar-refractivity contribution in [2.45, 2.75) is 38.5 Å². The van der Waals surface area contributed by atoms with Gasteiger partial charge >= 0.3 is 5.97 Å². The second-order valence-corrected chi connectivity index (χ2v) is 8.38. The van der Waals surface area contributed by atoms with E-state index < -0.39 is 11.8 Å². The molecule has 1 saturated heterocycles. The first kappa shape index (κ1) is 23.7. The normalized spacial score (nSPS) is 15.3. The lowest BCUT2D eigenvalue weighted by Gasteiger charge is -2.17. The summed E-state index contributed by atoms with van der Waals surface area (Å²) in [5, 5.41) is 12.4. The summed E-state index contributed by atoms with van der Waals surface area (Å²) in [5.41, 5.74) is 9.85. The number of hydrogen-bond acceptors (Lipinski definition) is 5. The van der Waals surface area contributed by atoms with Crippen LogP contribution in [0.25, 0.3) is 11.1 Å². The zero-order valence-electron chi connectivity index (χ0n) is 18.9. The third kappa shape index (κ3) is 5.92. The van der Waals surface area contributed by atoms with E-state index in [4.69, 9.17) is 20.3 Å². The zero-order chi connectivity index (χ0) is 23.9. The molecule has 178 valence electrons. The van der Waals surface area contributed by atoms with Crippen LogP contribution >= 0.6 is 0 Å². The molecule has 1 fully saturated rings. The molecule has 4 N–H and O–H groups in total. The molecular weight excluding hydrogens is 435 g/mol. The predicted octanol–water partition coefficient (Wildman–Crippen LogP) is 4.75. The molecule has 1 aliphatic rings. The predicted molar refractivity (Wildman–Crippen MR) is 129 cm³/mol. The van der Waals surface area contributed by atoms with E-state index in [-0.39, 0.29) is 19.1 Å². The van der Waals surface area contributed by atoms with E-state index in [1.807, 2.05) is 24.3 Å². The van der Waals surface area contributed by atoms with E-state index in [2.05, 4.69) is 5.32 Å². The molecule has 0 bridgehead atoms. The quantitative estimate of drug-likeness (QED) is 0.401. The monoisotopic (exact) mass is 464 g/mol. The molecule has 7 heteroatoms. The molecule has 4 rings (SSSR count). The first-order chi connectivity index (χ1) is 16.5. The Morgan fingerprint density at radius 1 is 1.12 bits per heavy atom. The van der Waals surface area contributed by atoms with E-state index in [1.165, 1.54) is 0 Å². The van der Waals surface area contributed by atoms with E-state index in [9.17, 15) is 4.79 Å². The molecule has 0 spiro atoms. The second kappa shape index (κ2) is 11.1.